The molecule has 0 aliphatic carbocycles. The summed E-state index contributed by atoms with van der Waals surface area (Å²) in [5.41, 5.74) is 5.61. The topological polar surface area (TPSA) is 70.3 Å². The second kappa shape index (κ2) is 6.20. The summed E-state index contributed by atoms with van der Waals surface area (Å²) in [7, 11) is 0. The van der Waals surface area contributed by atoms with Crippen LogP contribution in [0.2, 0.25) is 0 Å². The van der Waals surface area contributed by atoms with Crippen molar-refractivity contribution in [3.63, 3.8) is 0 Å². The van der Waals surface area contributed by atoms with Crippen LogP contribution >= 0.6 is 15.9 Å². The third-order valence-electron chi connectivity index (χ3n) is 2.12. The number of aromatic nitrogens is 2. The average Bonchev–Trinajstić information content (AvgIpc) is 2.40. The van der Waals surface area contributed by atoms with Gasteiger partial charge in [0.05, 0.1) is 0 Å². The van der Waals surface area contributed by atoms with Gasteiger partial charge in [-0.05, 0) is 28.1 Å². The predicted molar refractivity (Wildman–Crippen MR) is 71.6 cm³/mol. The van der Waals surface area contributed by atoms with Crippen LogP contribution in [-0.4, -0.2) is 23.2 Å². The van der Waals surface area contributed by atoms with E-state index >= 15 is 0 Å². The molecule has 0 atom stereocenters. The third kappa shape index (κ3) is 3.33. The largest absolute Gasteiger partial charge is 0.490 e. The van der Waals surface area contributed by atoms with Crippen molar-refractivity contribution in [2.45, 2.75) is 0 Å². The van der Waals surface area contributed by atoms with Gasteiger partial charge in [0.25, 0.3) is 0 Å². The van der Waals surface area contributed by atoms with Gasteiger partial charge in [0.15, 0.2) is 0 Å². The molecule has 0 saturated heterocycles. The molecule has 94 valence electrons. The highest BCUT2D eigenvalue weighted by atomic mass is 79.9. The molecule has 0 spiro atoms. The minimum atomic E-state index is 0.351. The Morgan fingerprint density at radius 1 is 1.06 bits per heavy atom. The van der Waals surface area contributed by atoms with Crippen LogP contribution in [-0.2, 0) is 0 Å². The molecule has 0 fully saturated rings. The minimum absolute atomic E-state index is 0.351. The van der Waals surface area contributed by atoms with Gasteiger partial charge in [-0.25, -0.2) is 9.97 Å². The maximum Gasteiger partial charge on any atom is 0.233 e. The van der Waals surface area contributed by atoms with E-state index in [-0.39, 0.29) is 0 Å². The highest BCUT2D eigenvalue weighted by Crippen LogP contribution is 2.25. The van der Waals surface area contributed by atoms with Crippen molar-refractivity contribution in [1.29, 1.82) is 0 Å². The summed E-state index contributed by atoms with van der Waals surface area (Å²) in [4.78, 5) is 7.79. The standard InChI is InChI=1S/C12H12BrN3O2/c13-10-11(14)15-8-16-12(10)18-7-6-17-9-4-2-1-3-5-9/h1-5,8H,6-7H2,(H2,14,15,16). The fraction of sp³-hybridized carbons (Fsp3) is 0.167. The second-order valence-corrected chi connectivity index (χ2v) is 4.18. The van der Waals surface area contributed by atoms with Gasteiger partial charge < -0.3 is 15.2 Å². The van der Waals surface area contributed by atoms with Crippen molar-refractivity contribution >= 4 is 21.7 Å². The first kappa shape index (κ1) is 12.6. The number of para-hydroxylation sites is 1. The van der Waals surface area contributed by atoms with Crippen LogP contribution in [0.25, 0.3) is 0 Å². The first-order valence-electron chi connectivity index (χ1n) is 5.34. The summed E-state index contributed by atoms with van der Waals surface area (Å²) in [5.74, 6) is 1.57. The molecule has 0 amide bonds. The van der Waals surface area contributed by atoms with Crippen LogP contribution in [0, 0.1) is 0 Å². The van der Waals surface area contributed by atoms with E-state index in [0.717, 1.165) is 5.75 Å². The number of nitrogens with two attached hydrogens (primary N) is 1. The van der Waals surface area contributed by atoms with E-state index in [9.17, 15) is 0 Å². The van der Waals surface area contributed by atoms with Crippen molar-refractivity contribution in [2.24, 2.45) is 0 Å². The maximum absolute atomic E-state index is 5.61. The van der Waals surface area contributed by atoms with Gasteiger partial charge in [-0.3, -0.25) is 0 Å². The Bertz CT molecular complexity index is 508. The van der Waals surface area contributed by atoms with Crippen LogP contribution in [0.4, 0.5) is 5.82 Å². The average molecular weight is 310 g/mol. The Morgan fingerprint density at radius 3 is 2.56 bits per heavy atom. The molecule has 0 radical (unpaired) electrons. The van der Waals surface area contributed by atoms with Crippen LogP contribution in [0.1, 0.15) is 0 Å². The highest BCUT2D eigenvalue weighted by molar-refractivity contribution is 9.10. The van der Waals surface area contributed by atoms with Crippen molar-refractivity contribution in [1.82, 2.24) is 9.97 Å². The number of hydrogen-bond acceptors (Lipinski definition) is 5. The summed E-state index contributed by atoms with van der Waals surface area (Å²) in [5, 5.41) is 0. The highest BCUT2D eigenvalue weighted by Gasteiger charge is 2.06. The summed E-state index contributed by atoms with van der Waals surface area (Å²) < 4.78 is 11.5. The van der Waals surface area contributed by atoms with Crippen LogP contribution in [0.15, 0.2) is 41.1 Å². The Morgan fingerprint density at radius 2 is 1.78 bits per heavy atom. The smallest absolute Gasteiger partial charge is 0.233 e. The lowest BCUT2D eigenvalue weighted by molar-refractivity contribution is 0.211. The van der Waals surface area contributed by atoms with E-state index in [0.29, 0.717) is 29.4 Å². The first-order chi connectivity index (χ1) is 8.77. The molecular formula is C12H12BrN3O2. The van der Waals surface area contributed by atoms with Gasteiger partial charge >= 0.3 is 0 Å². The fourth-order valence-electron chi connectivity index (χ4n) is 1.28. The Hall–Kier alpha value is -1.82. The van der Waals surface area contributed by atoms with E-state index in [2.05, 4.69) is 25.9 Å². The zero-order valence-corrected chi connectivity index (χ0v) is 11.1. The van der Waals surface area contributed by atoms with Gasteiger partial charge in [0.2, 0.25) is 5.88 Å². The Balaban J connectivity index is 1.81. The van der Waals surface area contributed by atoms with E-state index in [1.165, 1.54) is 6.33 Å². The molecule has 18 heavy (non-hydrogen) atoms. The normalized spacial score (nSPS) is 10.1. The molecule has 6 heteroatoms. The Kier molecular flexibility index (Phi) is 4.35. The molecule has 2 N–H and O–H groups in total. The molecule has 5 nitrogen and oxygen atoms in total. The molecule has 0 unspecified atom stereocenters. The number of nitrogen functional groups attached to an aromatic ring is 1. The molecule has 1 heterocycles. The molecule has 1 aromatic carbocycles. The maximum atomic E-state index is 5.61. The number of rotatable bonds is 5. The lowest BCUT2D eigenvalue weighted by Gasteiger charge is -2.09. The lowest BCUT2D eigenvalue weighted by atomic mass is 10.3. The Labute approximate surface area is 113 Å². The van der Waals surface area contributed by atoms with Crippen molar-refractivity contribution in [3.05, 3.63) is 41.1 Å². The number of nitrogens with zero attached hydrogens (tertiary/aromatic N) is 2. The fourth-order valence-corrected chi connectivity index (χ4v) is 1.60. The molecule has 0 aliphatic rings. The van der Waals surface area contributed by atoms with Gasteiger partial charge in [-0.2, -0.15) is 0 Å². The molecular weight excluding hydrogens is 298 g/mol. The van der Waals surface area contributed by atoms with Gasteiger partial charge in [0.1, 0.15) is 35.6 Å². The van der Waals surface area contributed by atoms with Gasteiger partial charge in [-0.1, -0.05) is 18.2 Å². The predicted octanol–water partition coefficient (Wildman–Crippen LogP) is 2.28. The van der Waals surface area contributed by atoms with Gasteiger partial charge in [0, 0.05) is 0 Å². The number of anilines is 1. The molecule has 1 aromatic heterocycles. The first-order valence-corrected chi connectivity index (χ1v) is 6.13. The van der Waals surface area contributed by atoms with Crippen LogP contribution in [0.5, 0.6) is 11.6 Å². The molecule has 0 aliphatic heterocycles. The van der Waals surface area contributed by atoms with Crippen molar-refractivity contribution in [2.75, 3.05) is 18.9 Å². The molecule has 2 aromatic rings. The van der Waals surface area contributed by atoms with Crippen molar-refractivity contribution in [3.8, 4) is 11.6 Å². The number of ether oxygens (including phenoxy) is 2. The zero-order chi connectivity index (χ0) is 12.8. The number of hydrogen-bond donors (Lipinski definition) is 1. The number of halogens is 1. The SMILES string of the molecule is Nc1ncnc(OCCOc2ccccc2)c1Br. The van der Waals surface area contributed by atoms with Crippen LogP contribution in [0.3, 0.4) is 0 Å². The summed E-state index contributed by atoms with van der Waals surface area (Å²) in [6, 6.07) is 9.54. The monoisotopic (exact) mass is 309 g/mol. The minimum Gasteiger partial charge on any atom is -0.490 e. The number of benzene rings is 1. The molecule has 2 rings (SSSR count). The van der Waals surface area contributed by atoms with E-state index < -0.39 is 0 Å². The van der Waals surface area contributed by atoms with E-state index in [1.54, 1.807) is 0 Å². The molecule has 0 bridgehead atoms. The molecule has 0 saturated carbocycles. The summed E-state index contributed by atoms with van der Waals surface area (Å²) in [6.45, 7) is 0.810. The zero-order valence-electron chi connectivity index (χ0n) is 9.54. The van der Waals surface area contributed by atoms with Crippen LogP contribution < -0.4 is 15.2 Å². The summed E-state index contributed by atoms with van der Waals surface area (Å²) >= 11 is 3.26. The quantitative estimate of drug-likeness (QED) is 0.858. The second-order valence-electron chi connectivity index (χ2n) is 3.39. The van der Waals surface area contributed by atoms with E-state index in [4.69, 9.17) is 15.2 Å². The summed E-state index contributed by atoms with van der Waals surface area (Å²) in [6.07, 6.45) is 1.35. The van der Waals surface area contributed by atoms with Crippen molar-refractivity contribution < 1.29 is 9.47 Å². The van der Waals surface area contributed by atoms with Gasteiger partial charge in [-0.15, -0.1) is 0 Å². The third-order valence-corrected chi connectivity index (χ3v) is 2.86. The lowest BCUT2D eigenvalue weighted by Crippen LogP contribution is -2.10. The van der Waals surface area contributed by atoms with E-state index in [1.807, 2.05) is 30.3 Å².